The lowest BCUT2D eigenvalue weighted by Crippen LogP contribution is -2.50. The molecule has 1 aromatic carbocycles. The maximum atomic E-state index is 13.1. The van der Waals surface area contributed by atoms with Crippen molar-refractivity contribution in [3.63, 3.8) is 0 Å². The van der Waals surface area contributed by atoms with Gasteiger partial charge in [-0.2, -0.15) is 4.31 Å². The lowest BCUT2D eigenvalue weighted by atomic mass is 9.49. The summed E-state index contributed by atoms with van der Waals surface area (Å²) in [6, 6.07) is 6.89. The number of aryl methyl sites for hydroxylation is 1. The summed E-state index contributed by atoms with van der Waals surface area (Å²) in [5.41, 5.74) is 1.57. The molecule has 1 saturated heterocycles. The summed E-state index contributed by atoms with van der Waals surface area (Å²) in [6.45, 7) is 6.87. The van der Waals surface area contributed by atoms with Gasteiger partial charge in [0.15, 0.2) is 0 Å². The summed E-state index contributed by atoms with van der Waals surface area (Å²) in [5, 5.41) is 0. The maximum absolute atomic E-state index is 13.1. The van der Waals surface area contributed by atoms with E-state index < -0.39 is 16.0 Å². The number of benzene rings is 1. The number of hydrogen-bond acceptors (Lipinski definition) is 4. The summed E-state index contributed by atoms with van der Waals surface area (Å²) >= 11 is 0. The SMILES string of the molecule is COC(=O)/C=C1\CN(S(=O)(=O)c2ccc(C)cc2)CC12CCC2(C)C. The fourth-order valence-corrected chi connectivity index (χ4v) is 5.51. The summed E-state index contributed by atoms with van der Waals surface area (Å²) < 4.78 is 32.4. The van der Waals surface area contributed by atoms with Gasteiger partial charge in [0.05, 0.1) is 12.0 Å². The van der Waals surface area contributed by atoms with Crippen LogP contribution in [0.15, 0.2) is 40.8 Å². The number of methoxy groups -OCH3 is 1. The highest BCUT2D eigenvalue weighted by molar-refractivity contribution is 7.89. The molecule has 0 amide bonds. The molecule has 0 N–H and O–H groups in total. The number of nitrogens with zero attached hydrogens (tertiary/aromatic N) is 1. The van der Waals surface area contributed by atoms with Crippen molar-refractivity contribution in [2.75, 3.05) is 20.2 Å². The Morgan fingerprint density at radius 3 is 2.32 bits per heavy atom. The molecule has 2 aliphatic rings. The predicted octanol–water partition coefficient (Wildman–Crippen LogP) is 2.91. The van der Waals surface area contributed by atoms with Crippen LogP contribution < -0.4 is 0 Å². The number of carbonyl (C=O) groups excluding carboxylic acids is 1. The van der Waals surface area contributed by atoms with E-state index in [1.165, 1.54) is 17.5 Å². The van der Waals surface area contributed by atoms with Crippen LogP contribution in [0.3, 0.4) is 0 Å². The Kier molecular flexibility index (Phi) is 4.32. The zero-order chi connectivity index (χ0) is 18.5. The Labute approximate surface area is 149 Å². The minimum Gasteiger partial charge on any atom is -0.466 e. The van der Waals surface area contributed by atoms with Gasteiger partial charge in [0, 0.05) is 24.6 Å². The third-order valence-corrected chi connectivity index (χ3v) is 7.84. The standard InChI is InChI=1S/C19H25NO4S/c1-14-5-7-16(8-6-14)25(22,23)20-12-15(11-17(21)24-4)19(13-20)10-9-18(19,2)3/h5-8,11H,9-10,12-13H2,1-4H3/b15-11+. The van der Waals surface area contributed by atoms with Gasteiger partial charge in [-0.15, -0.1) is 0 Å². The number of ether oxygens (including phenoxy) is 1. The Morgan fingerprint density at radius 1 is 1.20 bits per heavy atom. The van der Waals surface area contributed by atoms with E-state index in [9.17, 15) is 13.2 Å². The third-order valence-electron chi connectivity index (χ3n) is 6.03. The molecule has 1 spiro atoms. The van der Waals surface area contributed by atoms with Crippen molar-refractivity contribution in [2.24, 2.45) is 10.8 Å². The number of hydrogen-bond donors (Lipinski definition) is 0. The van der Waals surface area contributed by atoms with Gasteiger partial charge in [-0.3, -0.25) is 0 Å². The fourth-order valence-electron chi connectivity index (χ4n) is 4.03. The number of rotatable bonds is 3. The second kappa shape index (κ2) is 5.95. The normalized spacial score (nSPS) is 27.4. The quantitative estimate of drug-likeness (QED) is 0.612. The highest BCUT2D eigenvalue weighted by Crippen LogP contribution is 2.63. The van der Waals surface area contributed by atoms with Crippen LogP contribution >= 0.6 is 0 Å². The van der Waals surface area contributed by atoms with E-state index in [4.69, 9.17) is 4.74 Å². The average Bonchev–Trinajstić information content (AvgIpc) is 2.97. The van der Waals surface area contributed by atoms with Crippen molar-refractivity contribution in [1.82, 2.24) is 4.31 Å². The molecule has 3 rings (SSSR count). The van der Waals surface area contributed by atoms with Crippen molar-refractivity contribution in [1.29, 1.82) is 0 Å². The van der Waals surface area contributed by atoms with Gasteiger partial charge in [0.1, 0.15) is 0 Å². The Bertz CT molecular complexity index is 823. The molecular formula is C19H25NO4S. The van der Waals surface area contributed by atoms with Gasteiger partial charge in [-0.1, -0.05) is 31.5 Å². The van der Waals surface area contributed by atoms with Gasteiger partial charge in [0.2, 0.25) is 10.0 Å². The molecule has 1 unspecified atom stereocenters. The predicted molar refractivity (Wildman–Crippen MR) is 95.5 cm³/mol. The molecule has 2 fully saturated rings. The van der Waals surface area contributed by atoms with E-state index >= 15 is 0 Å². The highest BCUT2D eigenvalue weighted by atomic mass is 32.2. The topological polar surface area (TPSA) is 63.7 Å². The lowest BCUT2D eigenvalue weighted by molar-refractivity contribution is -0.135. The Hall–Kier alpha value is -1.66. The van der Waals surface area contributed by atoms with Crippen LogP contribution in [0.1, 0.15) is 32.3 Å². The summed E-state index contributed by atoms with van der Waals surface area (Å²) in [7, 11) is -2.25. The van der Waals surface area contributed by atoms with Crippen LogP contribution in [-0.4, -0.2) is 38.9 Å². The monoisotopic (exact) mass is 363 g/mol. The van der Waals surface area contributed by atoms with Crippen molar-refractivity contribution in [3.05, 3.63) is 41.5 Å². The molecule has 136 valence electrons. The molecule has 25 heavy (non-hydrogen) atoms. The second-order valence-electron chi connectivity index (χ2n) is 7.74. The van der Waals surface area contributed by atoms with Gasteiger partial charge in [-0.05, 0) is 42.9 Å². The van der Waals surface area contributed by atoms with Crippen molar-refractivity contribution < 1.29 is 17.9 Å². The van der Waals surface area contributed by atoms with Crippen LogP contribution in [0, 0.1) is 17.8 Å². The van der Waals surface area contributed by atoms with Gasteiger partial charge in [-0.25, -0.2) is 13.2 Å². The zero-order valence-corrected chi connectivity index (χ0v) is 16.0. The summed E-state index contributed by atoms with van der Waals surface area (Å²) in [4.78, 5) is 12.1. The number of sulfonamides is 1. The molecule has 1 saturated carbocycles. The van der Waals surface area contributed by atoms with Gasteiger partial charge < -0.3 is 4.74 Å². The zero-order valence-electron chi connectivity index (χ0n) is 15.2. The van der Waals surface area contributed by atoms with Crippen molar-refractivity contribution in [2.45, 2.75) is 38.5 Å². The van der Waals surface area contributed by atoms with E-state index in [-0.39, 0.29) is 17.4 Å². The molecule has 1 atom stereocenters. The smallest absolute Gasteiger partial charge is 0.330 e. The molecular weight excluding hydrogens is 338 g/mol. The third kappa shape index (κ3) is 2.81. The fraction of sp³-hybridized carbons (Fsp3) is 0.526. The summed E-state index contributed by atoms with van der Waals surface area (Å²) in [5.74, 6) is -0.424. The van der Waals surface area contributed by atoms with Crippen LogP contribution in [0.4, 0.5) is 0 Å². The second-order valence-corrected chi connectivity index (χ2v) is 9.68. The van der Waals surface area contributed by atoms with E-state index in [1.54, 1.807) is 24.3 Å². The summed E-state index contributed by atoms with van der Waals surface area (Å²) in [6.07, 6.45) is 3.40. The van der Waals surface area contributed by atoms with Gasteiger partial charge in [0.25, 0.3) is 0 Å². The number of esters is 1. The van der Waals surface area contributed by atoms with E-state index in [1.807, 2.05) is 6.92 Å². The molecule has 1 heterocycles. The van der Waals surface area contributed by atoms with E-state index in [0.717, 1.165) is 24.0 Å². The molecule has 1 aromatic rings. The van der Waals surface area contributed by atoms with Crippen LogP contribution in [0.25, 0.3) is 0 Å². The maximum Gasteiger partial charge on any atom is 0.330 e. The lowest BCUT2D eigenvalue weighted by Gasteiger charge is -2.55. The van der Waals surface area contributed by atoms with Crippen LogP contribution in [0.2, 0.25) is 0 Å². The highest BCUT2D eigenvalue weighted by Gasteiger charge is 2.60. The van der Waals surface area contributed by atoms with Crippen molar-refractivity contribution >= 4 is 16.0 Å². The van der Waals surface area contributed by atoms with Crippen LogP contribution in [-0.2, 0) is 19.6 Å². The first-order valence-corrected chi connectivity index (χ1v) is 9.92. The molecule has 5 nitrogen and oxygen atoms in total. The molecule has 1 aliphatic heterocycles. The van der Waals surface area contributed by atoms with E-state index in [2.05, 4.69) is 13.8 Å². The molecule has 0 radical (unpaired) electrons. The first-order chi connectivity index (χ1) is 11.6. The Morgan fingerprint density at radius 2 is 1.84 bits per heavy atom. The largest absolute Gasteiger partial charge is 0.466 e. The van der Waals surface area contributed by atoms with Crippen molar-refractivity contribution in [3.8, 4) is 0 Å². The minimum absolute atomic E-state index is 0.0373. The van der Waals surface area contributed by atoms with E-state index in [0.29, 0.717) is 11.4 Å². The Balaban J connectivity index is 1.99. The molecule has 0 bridgehead atoms. The first kappa shape index (κ1) is 18.1. The average molecular weight is 363 g/mol. The minimum atomic E-state index is -3.59. The van der Waals surface area contributed by atoms with Crippen LogP contribution in [0.5, 0.6) is 0 Å². The molecule has 0 aromatic heterocycles. The number of carbonyl (C=O) groups is 1. The molecule has 1 aliphatic carbocycles. The first-order valence-electron chi connectivity index (χ1n) is 8.48. The van der Waals surface area contributed by atoms with Gasteiger partial charge >= 0.3 is 5.97 Å². The molecule has 6 heteroatoms.